The highest BCUT2D eigenvalue weighted by Crippen LogP contribution is 2.27. The van der Waals surface area contributed by atoms with Crippen molar-refractivity contribution in [3.8, 4) is 5.75 Å². The van der Waals surface area contributed by atoms with Crippen molar-refractivity contribution in [1.29, 1.82) is 0 Å². The van der Waals surface area contributed by atoms with E-state index in [1.54, 1.807) is 0 Å². The highest BCUT2D eigenvalue weighted by Gasteiger charge is 2.01. The van der Waals surface area contributed by atoms with Gasteiger partial charge in [-0.25, -0.2) is 0 Å². The maximum absolute atomic E-state index is 5.96. The van der Waals surface area contributed by atoms with E-state index in [4.69, 9.17) is 21.1 Å². The van der Waals surface area contributed by atoms with Crippen LogP contribution in [0, 0.1) is 0 Å². The Kier molecular flexibility index (Phi) is 6.06. The highest BCUT2D eigenvalue weighted by atomic mass is 79.9. The summed E-state index contributed by atoms with van der Waals surface area (Å²) < 4.78 is 11.7. The summed E-state index contributed by atoms with van der Waals surface area (Å²) in [6.07, 6.45) is 0.872. The third-order valence-electron chi connectivity index (χ3n) is 1.79. The van der Waals surface area contributed by atoms with Crippen molar-refractivity contribution in [2.24, 2.45) is 0 Å². The maximum Gasteiger partial charge on any atom is 0.139 e. The second-order valence-corrected chi connectivity index (χ2v) is 4.30. The third-order valence-corrected chi connectivity index (χ3v) is 2.59. The van der Waals surface area contributed by atoms with Crippen LogP contribution in [0.4, 0.5) is 0 Å². The van der Waals surface area contributed by atoms with Crippen LogP contribution >= 0.6 is 27.5 Å². The van der Waals surface area contributed by atoms with Crippen molar-refractivity contribution < 1.29 is 9.47 Å². The van der Waals surface area contributed by atoms with Crippen molar-refractivity contribution in [2.75, 3.05) is 19.8 Å². The Balaban J connectivity index is 2.33. The van der Waals surface area contributed by atoms with Crippen LogP contribution < -0.4 is 4.74 Å². The number of rotatable bonds is 6. The van der Waals surface area contributed by atoms with E-state index in [1.807, 2.05) is 25.1 Å². The fourth-order valence-electron chi connectivity index (χ4n) is 1.08. The molecule has 1 aromatic rings. The highest BCUT2D eigenvalue weighted by molar-refractivity contribution is 9.10. The van der Waals surface area contributed by atoms with Crippen LogP contribution in [-0.4, -0.2) is 19.8 Å². The molecule has 0 amide bonds. The lowest BCUT2D eigenvalue weighted by molar-refractivity contribution is 0.131. The van der Waals surface area contributed by atoms with Crippen LogP contribution in [0.5, 0.6) is 5.75 Å². The Morgan fingerprint density at radius 2 is 2.13 bits per heavy atom. The van der Waals surface area contributed by atoms with Crippen molar-refractivity contribution in [3.05, 3.63) is 27.7 Å². The first kappa shape index (κ1) is 12.8. The summed E-state index contributed by atoms with van der Waals surface area (Å²) in [6.45, 7) is 4.07. The first-order valence-electron chi connectivity index (χ1n) is 4.89. The SMILES string of the molecule is CCOCCCOc1cc(Br)ccc1Cl. The summed E-state index contributed by atoms with van der Waals surface area (Å²) in [7, 11) is 0. The maximum atomic E-state index is 5.96. The molecule has 2 nitrogen and oxygen atoms in total. The topological polar surface area (TPSA) is 18.5 Å². The van der Waals surface area contributed by atoms with Crippen LogP contribution in [0.25, 0.3) is 0 Å². The molecule has 15 heavy (non-hydrogen) atoms. The first-order chi connectivity index (χ1) is 7.24. The lowest BCUT2D eigenvalue weighted by Gasteiger charge is -2.08. The van der Waals surface area contributed by atoms with Crippen molar-refractivity contribution in [1.82, 2.24) is 0 Å². The third kappa shape index (κ3) is 4.87. The molecule has 0 heterocycles. The summed E-state index contributed by atoms with van der Waals surface area (Å²) in [5.41, 5.74) is 0. The van der Waals surface area contributed by atoms with Gasteiger partial charge in [0.15, 0.2) is 0 Å². The van der Waals surface area contributed by atoms with Gasteiger partial charge in [0, 0.05) is 24.1 Å². The Hall–Kier alpha value is -0.250. The molecule has 0 atom stereocenters. The second kappa shape index (κ2) is 7.09. The van der Waals surface area contributed by atoms with E-state index >= 15 is 0 Å². The Labute approximate surface area is 104 Å². The van der Waals surface area contributed by atoms with Gasteiger partial charge in [0.1, 0.15) is 5.75 Å². The fourth-order valence-corrected chi connectivity index (χ4v) is 1.59. The van der Waals surface area contributed by atoms with Crippen molar-refractivity contribution in [3.63, 3.8) is 0 Å². The van der Waals surface area contributed by atoms with E-state index < -0.39 is 0 Å². The number of ether oxygens (including phenoxy) is 2. The van der Waals surface area contributed by atoms with E-state index in [2.05, 4.69) is 15.9 Å². The van der Waals surface area contributed by atoms with Crippen LogP contribution in [0.1, 0.15) is 13.3 Å². The van der Waals surface area contributed by atoms with E-state index in [9.17, 15) is 0 Å². The molecule has 0 fully saturated rings. The summed E-state index contributed by atoms with van der Waals surface area (Å²) in [5.74, 6) is 0.711. The summed E-state index contributed by atoms with van der Waals surface area (Å²) in [6, 6.07) is 5.56. The van der Waals surface area contributed by atoms with Gasteiger partial charge >= 0.3 is 0 Å². The molecule has 0 aromatic heterocycles. The zero-order valence-corrected chi connectivity index (χ0v) is 11.0. The zero-order valence-electron chi connectivity index (χ0n) is 8.63. The lowest BCUT2D eigenvalue weighted by atomic mass is 10.3. The summed E-state index contributed by atoms with van der Waals surface area (Å²) >= 11 is 9.33. The van der Waals surface area contributed by atoms with Gasteiger partial charge in [-0.1, -0.05) is 27.5 Å². The minimum atomic E-state index is 0.621. The number of hydrogen-bond donors (Lipinski definition) is 0. The number of benzene rings is 1. The smallest absolute Gasteiger partial charge is 0.139 e. The molecule has 0 unspecified atom stereocenters. The average molecular weight is 294 g/mol. The second-order valence-electron chi connectivity index (χ2n) is 2.97. The van der Waals surface area contributed by atoms with E-state index in [0.717, 1.165) is 24.1 Å². The normalized spacial score (nSPS) is 10.3. The zero-order chi connectivity index (χ0) is 11.1. The van der Waals surface area contributed by atoms with E-state index in [1.165, 1.54) is 0 Å². The molecule has 4 heteroatoms. The molecule has 0 aliphatic carbocycles. The average Bonchev–Trinajstić information content (AvgIpc) is 2.23. The summed E-state index contributed by atoms with van der Waals surface area (Å²) in [5, 5.41) is 0.634. The van der Waals surface area contributed by atoms with Crippen LogP contribution in [0.3, 0.4) is 0 Å². The quantitative estimate of drug-likeness (QED) is 0.740. The van der Waals surface area contributed by atoms with Gasteiger partial charge in [-0.3, -0.25) is 0 Å². The molecular formula is C11H14BrClO2. The molecule has 0 aliphatic heterocycles. The van der Waals surface area contributed by atoms with Gasteiger partial charge < -0.3 is 9.47 Å². The van der Waals surface area contributed by atoms with Gasteiger partial charge in [0.2, 0.25) is 0 Å². The van der Waals surface area contributed by atoms with Gasteiger partial charge in [-0.15, -0.1) is 0 Å². The largest absolute Gasteiger partial charge is 0.492 e. The van der Waals surface area contributed by atoms with Crippen LogP contribution in [0.15, 0.2) is 22.7 Å². The minimum absolute atomic E-state index is 0.621. The predicted octanol–water partition coefficient (Wildman–Crippen LogP) is 3.91. The molecule has 0 saturated heterocycles. The molecule has 84 valence electrons. The first-order valence-corrected chi connectivity index (χ1v) is 6.06. The monoisotopic (exact) mass is 292 g/mol. The Bertz CT molecular complexity index is 305. The van der Waals surface area contributed by atoms with E-state index in [0.29, 0.717) is 17.4 Å². The molecule has 0 spiro atoms. The molecule has 1 rings (SSSR count). The molecule has 0 radical (unpaired) electrons. The Morgan fingerprint density at radius 1 is 1.33 bits per heavy atom. The standard InChI is InChI=1S/C11H14BrClO2/c1-2-14-6-3-7-15-11-8-9(12)4-5-10(11)13/h4-5,8H,2-3,6-7H2,1H3. The van der Waals surface area contributed by atoms with Gasteiger partial charge in [0.25, 0.3) is 0 Å². The molecule has 0 aliphatic rings. The van der Waals surface area contributed by atoms with E-state index in [-0.39, 0.29) is 0 Å². The van der Waals surface area contributed by atoms with Crippen LogP contribution in [-0.2, 0) is 4.74 Å². The molecule has 1 aromatic carbocycles. The Morgan fingerprint density at radius 3 is 2.87 bits per heavy atom. The molecular weight excluding hydrogens is 279 g/mol. The minimum Gasteiger partial charge on any atom is -0.492 e. The van der Waals surface area contributed by atoms with Gasteiger partial charge in [-0.05, 0) is 25.1 Å². The number of halogens is 2. The molecule has 0 bridgehead atoms. The van der Waals surface area contributed by atoms with Gasteiger partial charge in [0.05, 0.1) is 11.6 Å². The predicted molar refractivity (Wildman–Crippen MR) is 65.8 cm³/mol. The van der Waals surface area contributed by atoms with Crippen LogP contribution in [0.2, 0.25) is 5.02 Å². The number of hydrogen-bond acceptors (Lipinski definition) is 2. The molecule has 0 N–H and O–H groups in total. The van der Waals surface area contributed by atoms with Gasteiger partial charge in [-0.2, -0.15) is 0 Å². The van der Waals surface area contributed by atoms with Crippen molar-refractivity contribution >= 4 is 27.5 Å². The molecule has 0 saturated carbocycles. The van der Waals surface area contributed by atoms with Crippen molar-refractivity contribution in [2.45, 2.75) is 13.3 Å². The fraction of sp³-hybridized carbons (Fsp3) is 0.455. The summed E-state index contributed by atoms with van der Waals surface area (Å²) in [4.78, 5) is 0. The lowest BCUT2D eigenvalue weighted by Crippen LogP contribution is -2.03.